The fraction of sp³-hybridized carbons (Fsp3) is 0.571. The number of nitrogens with zero attached hydrogens (tertiary/aromatic N) is 1. The first-order valence-corrected chi connectivity index (χ1v) is 8.36. The Hall–Kier alpha value is -0.980. The molecule has 0 aliphatic carbocycles. The molecule has 2 atom stereocenters. The van der Waals surface area contributed by atoms with Gasteiger partial charge in [0.05, 0.1) is 17.0 Å². The maximum absolute atomic E-state index is 13.3. The second kappa shape index (κ2) is 6.20. The number of hydrogen-bond acceptors (Lipinski definition) is 3. The van der Waals surface area contributed by atoms with Gasteiger partial charge in [0.1, 0.15) is 5.82 Å². The quantitative estimate of drug-likeness (QED) is 0.927. The number of aliphatic hydroxyl groups is 1. The topological polar surface area (TPSA) is 57.6 Å². The Morgan fingerprint density at radius 3 is 2.85 bits per heavy atom. The Labute approximate surface area is 119 Å². The van der Waals surface area contributed by atoms with E-state index >= 15 is 0 Å². The molecule has 20 heavy (non-hydrogen) atoms. The van der Waals surface area contributed by atoms with E-state index in [1.807, 2.05) is 6.92 Å². The predicted octanol–water partition coefficient (Wildman–Crippen LogP) is 2.14. The second-order valence-corrected chi connectivity index (χ2v) is 7.00. The molecular formula is C14H20FNO3S. The number of sulfonamides is 1. The molecule has 112 valence electrons. The van der Waals surface area contributed by atoms with Gasteiger partial charge in [0.25, 0.3) is 0 Å². The lowest BCUT2D eigenvalue weighted by Gasteiger charge is -2.37. The summed E-state index contributed by atoms with van der Waals surface area (Å²) in [5.74, 6) is -0.573. The predicted molar refractivity (Wildman–Crippen MR) is 74.2 cm³/mol. The van der Waals surface area contributed by atoms with E-state index in [0.29, 0.717) is 19.4 Å². The minimum atomic E-state index is -3.76. The third-order valence-corrected chi connectivity index (χ3v) is 5.68. The summed E-state index contributed by atoms with van der Waals surface area (Å²) in [5, 5.41) is 10.0. The van der Waals surface area contributed by atoms with Crippen LogP contribution < -0.4 is 0 Å². The van der Waals surface area contributed by atoms with Crippen LogP contribution in [0.2, 0.25) is 0 Å². The molecule has 0 spiro atoms. The lowest BCUT2D eigenvalue weighted by molar-refractivity contribution is 0.0667. The van der Waals surface area contributed by atoms with Crippen LogP contribution in [0.5, 0.6) is 0 Å². The van der Waals surface area contributed by atoms with Crippen molar-refractivity contribution in [3.8, 4) is 0 Å². The SMILES string of the molecule is CCC(O)C1CCCCN1S(=O)(=O)c1cccc(F)c1. The van der Waals surface area contributed by atoms with Crippen molar-refractivity contribution >= 4 is 10.0 Å². The summed E-state index contributed by atoms with van der Waals surface area (Å²) in [7, 11) is -3.76. The zero-order valence-electron chi connectivity index (χ0n) is 11.5. The monoisotopic (exact) mass is 301 g/mol. The van der Waals surface area contributed by atoms with Crippen LogP contribution in [0.4, 0.5) is 4.39 Å². The molecule has 2 rings (SSSR count). The van der Waals surface area contributed by atoms with Crippen molar-refractivity contribution in [2.75, 3.05) is 6.54 Å². The van der Waals surface area contributed by atoms with Gasteiger partial charge in [-0.15, -0.1) is 0 Å². The first kappa shape index (κ1) is 15.4. The summed E-state index contributed by atoms with van der Waals surface area (Å²) < 4.78 is 39.8. The van der Waals surface area contributed by atoms with Crippen LogP contribution >= 0.6 is 0 Å². The van der Waals surface area contributed by atoms with Crippen molar-refractivity contribution in [2.45, 2.75) is 49.6 Å². The number of hydrogen-bond donors (Lipinski definition) is 1. The molecule has 4 nitrogen and oxygen atoms in total. The Bertz CT molecular complexity index is 561. The van der Waals surface area contributed by atoms with Gasteiger partial charge in [-0.25, -0.2) is 12.8 Å². The highest BCUT2D eigenvalue weighted by Crippen LogP contribution is 2.28. The number of benzene rings is 1. The number of aliphatic hydroxyl groups excluding tert-OH is 1. The third-order valence-electron chi connectivity index (χ3n) is 3.76. The molecule has 0 amide bonds. The molecule has 1 aliphatic rings. The van der Waals surface area contributed by atoms with Crippen LogP contribution in [0.1, 0.15) is 32.6 Å². The van der Waals surface area contributed by atoms with Crippen molar-refractivity contribution in [3.63, 3.8) is 0 Å². The fourth-order valence-corrected chi connectivity index (χ4v) is 4.40. The van der Waals surface area contributed by atoms with Crippen molar-refractivity contribution in [1.82, 2.24) is 4.31 Å². The van der Waals surface area contributed by atoms with E-state index in [0.717, 1.165) is 18.9 Å². The minimum Gasteiger partial charge on any atom is -0.391 e. The molecular weight excluding hydrogens is 281 g/mol. The molecule has 0 bridgehead atoms. The highest BCUT2D eigenvalue weighted by molar-refractivity contribution is 7.89. The fourth-order valence-electron chi connectivity index (χ4n) is 2.65. The second-order valence-electron chi connectivity index (χ2n) is 5.11. The molecule has 2 unspecified atom stereocenters. The largest absolute Gasteiger partial charge is 0.391 e. The van der Waals surface area contributed by atoms with Crippen LogP contribution in [0.15, 0.2) is 29.2 Å². The van der Waals surface area contributed by atoms with E-state index in [9.17, 15) is 17.9 Å². The molecule has 1 saturated heterocycles. The molecule has 1 aromatic carbocycles. The average Bonchev–Trinajstić information content (AvgIpc) is 2.46. The zero-order chi connectivity index (χ0) is 14.8. The van der Waals surface area contributed by atoms with Crippen LogP contribution in [0, 0.1) is 5.82 Å². The summed E-state index contributed by atoms with van der Waals surface area (Å²) >= 11 is 0. The number of piperidine rings is 1. The van der Waals surface area contributed by atoms with E-state index in [1.165, 1.54) is 22.5 Å². The zero-order valence-corrected chi connectivity index (χ0v) is 12.3. The minimum absolute atomic E-state index is 0.0484. The van der Waals surface area contributed by atoms with E-state index < -0.39 is 28.0 Å². The summed E-state index contributed by atoms with van der Waals surface area (Å²) in [6, 6.07) is 4.61. The Balaban J connectivity index is 2.35. The summed E-state index contributed by atoms with van der Waals surface area (Å²) in [6.45, 7) is 2.20. The van der Waals surface area contributed by atoms with Gasteiger partial charge in [0.2, 0.25) is 10.0 Å². The molecule has 0 radical (unpaired) electrons. The van der Waals surface area contributed by atoms with Gasteiger partial charge >= 0.3 is 0 Å². The van der Waals surface area contributed by atoms with Gasteiger partial charge in [-0.05, 0) is 37.5 Å². The van der Waals surface area contributed by atoms with Gasteiger partial charge in [0, 0.05) is 6.54 Å². The smallest absolute Gasteiger partial charge is 0.243 e. The first-order chi connectivity index (χ1) is 9.46. The van der Waals surface area contributed by atoms with E-state index in [-0.39, 0.29) is 4.90 Å². The van der Waals surface area contributed by atoms with Crippen LogP contribution in [0.3, 0.4) is 0 Å². The summed E-state index contributed by atoms with van der Waals surface area (Å²) in [4.78, 5) is -0.0484. The lowest BCUT2D eigenvalue weighted by atomic mass is 9.98. The molecule has 1 aliphatic heterocycles. The van der Waals surface area contributed by atoms with Crippen LogP contribution in [-0.2, 0) is 10.0 Å². The maximum atomic E-state index is 13.3. The molecule has 1 aromatic rings. The number of halogens is 1. The van der Waals surface area contributed by atoms with Crippen LogP contribution in [0.25, 0.3) is 0 Å². The van der Waals surface area contributed by atoms with Crippen molar-refractivity contribution < 1.29 is 17.9 Å². The average molecular weight is 301 g/mol. The van der Waals surface area contributed by atoms with E-state index in [1.54, 1.807) is 0 Å². The molecule has 0 saturated carbocycles. The normalized spacial score (nSPS) is 22.6. The van der Waals surface area contributed by atoms with E-state index in [4.69, 9.17) is 0 Å². The van der Waals surface area contributed by atoms with Crippen molar-refractivity contribution in [3.05, 3.63) is 30.1 Å². The molecule has 1 N–H and O–H groups in total. The molecule has 1 fully saturated rings. The van der Waals surface area contributed by atoms with Gasteiger partial charge in [0.15, 0.2) is 0 Å². The molecule has 6 heteroatoms. The highest BCUT2D eigenvalue weighted by atomic mass is 32.2. The molecule has 1 heterocycles. The Morgan fingerprint density at radius 2 is 2.20 bits per heavy atom. The van der Waals surface area contributed by atoms with Gasteiger partial charge in [-0.3, -0.25) is 0 Å². The standard InChI is InChI=1S/C14H20FNO3S/c1-2-14(17)13-8-3-4-9-16(13)20(18,19)12-7-5-6-11(15)10-12/h5-7,10,13-14,17H,2-4,8-9H2,1H3. The van der Waals surface area contributed by atoms with Gasteiger partial charge in [-0.1, -0.05) is 19.4 Å². The highest BCUT2D eigenvalue weighted by Gasteiger charge is 2.36. The Kier molecular flexibility index (Phi) is 4.78. The third kappa shape index (κ3) is 3.02. The van der Waals surface area contributed by atoms with Gasteiger partial charge < -0.3 is 5.11 Å². The summed E-state index contributed by atoms with van der Waals surface area (Å²) in [5.41, 5.74) is 0. The van der Waals surface area contributed by atoms with Gasteiger partial charge in [-0.2, -0.15) is 4.31 Å². The maximum Gasteiger partial charge on any atom is 0.243 e. The van der Waals surface area contributed by atoms with Crippen molar-refractivity contribution in [1.29, 1.82) is 0 Å². The Morgan fingerprint density at radius 1 is 1.45 bits per heavy atom. The van der Waals surface area contributed by atoms with Crippen molar-refractivity contribution in [2.24, 2.45) is 0 Å². The lowest BCUT2D eigenvalue weighted by Crippen LogP contribution is -2.49. The molecule has 0 aromatic heterocycles. The number of rotatable bonds is 4. The first-order valence-electron chi connectivity index (χ1n) is 6.92. The summed E-state index contributed by atoms with van der Waals surface area (Å²) in [6.07, 6.45) is 2.13. The van der Waals surface area contributed by atoms with Crippen LogP contribution in [-0.4, -0.2) is 36.5 Å². The van der Waals surface area contributed by atoms with E-state index in [2.05, 4.69) is 0 Å².